The zero-order chi connectivity index (χ0) is 33.1. The minimum Gasteiger partial charge on any atom is -0.479 e. The molecule has 256 valence electrons. The predicted octanol–water partition coefficient (Wildman–Crippen LogP) is -0.857. The second-order valence-corrected chi connectivity index (χ2v) is 13.8. The molecule has 0 bridgehead atoms. The van der Waals surface area contributed by atoms with E-state index in [2.05, 4.69) is 12.2 Å². The molecule has 4 fully saturated rings. The van der Waals surface area contributed by atoms with Gasteiger partial charge in [0.05, 0.1) is 12.7 Å². The lowest BCUT2D eigenvalue weighted by Gasteiger charge is -2.51. The average Bonchev–Trinajstić information content (AvgIpc) is 3.36. The second kappa shape index (κ2) is 12.9. The van der Waals surface area contributed by atoms with Gasteiger partial charge < -0.3 is 60.0 Å². The van der Waals surface area contributed by atoms with Crippen LogP contribution in [0.5, 0.6) is 5.75 Å². The van der Waals surface area contributed by atoms with E-state index in [1.807, 2.05) is 12.1 Å². The molecule has 1 amide bonds. The average molecular weight is 652 g/mol. The summed E-state index contributed by atoms with van der Waals surface area (Å²) in [5.74, 6) is -0.480. The van der Waals surface area contributed by atoms with Gasteiger partial charge in [-0.3, -0.25) is 4.79 Å². The molecule has 8 N–H and O–H groups in total. The molecule has 3 aliphatic carbocycles. The first kappa shape index (κ1) is 33.5. The Bertz CT molecular complexity index is 1300. The zero-order valence-corrected chi connectivity index (χ0v) is 25.8. The molecule has 14 heteroatoms. The number of carbonyl (C=O) groups excluding carboxylic acids is 1. The maximum atomic E-state index is 11.9. The van der Waals surface area contributed by atoms with E-state index in [4.69, 9.17) is 18.9 Å². The van der Waals surface area contributed by atoms with Gasteiger partial charge in [-0.05, 0) is 85.0 Å². The van der Waals surface area contributed by atoms with Crippen LogP contribution in [-0.4, -0.2) is 122 Å². The molecule has 46 heavy (non-hydrogen) atoms. The van der Waals surface area contributed by atoms with Gasteiger partial charge in [0.1, 0.15) is 48.4 Å². The number of amides is 1. The minimum absolute atomic E-state index is 0.192. The van der Waals surface area contributed by atoms with Crippen LogP contribution in [0.1, 0.15) is 63.0 Å². The van der Waals surface area contributed by atoms with Crippen molar-refractivity contribution in [2.75, 3.05) is 6.61 Å². The molecule has 0 unspecified atom stereocenters. The van der Waals surface area contributed by atoms with Gasteiger partial charge in [0, 0.05) is 6.92 Å². The van der Waals surface area contributed by atoms with E-state index < -0.39 is 79.8 Å². The molecule has 1 aromatic rings. The van der Waals surface area contributed by atoms with Gasteiger partial charge in [0.25, 0.3) is 0 Å². The fraction of sp³-hybridized carbons (Fsp3) is 0.750. The lowest BCUT2D eigenvalue weighted by Crippen LogP contribution is -2.65. The van der Waals surface area contributed by atoms with Gasteiger partial charge >= 0.3 is 5.97 Å². The molecular weight excluding hydrogens is 606 g/mol. The van der Waals surface area contributed by atoms with Crippen LogP contribution in [0.3, 0.4) is 0 Å². The van der Waals surface area contributed by atoms with E-state index in [0.717, 1.165) is 44.1 Å². The molecule has 0 radical (unpaired) electrons. The van der Waals surface area contributed by atoms with Crippen molar-refractivity contribution in [1.82, 2.24) is 5.32 Å². The first-order valence-electron chi connectivity index (χ1n) is 16.1. The molecule has 0 aromatic heterocycles. The smallest absolute Gasteiger partial charge is 0.335 e. The highest BCUT2D eigenvalue weighted by atomic mass is 16.7. The summed E-state index contributed by atoms with van der Waals surface area (Å²) in [6.45, 7) is 3.04. The van der Waals surface area contributed by atoms with Gasteiger partial charge in [0.15, 0.2) is 12.4 Å². The van der Waals surface area contributed by atoms with E-state index in [1.54, 1.807) is 6.07 Å². The van der Waals surface area contributed by atoms with Crippen LogP contribution in [0.15, 0.2) is 18.2 Å². The van der Waals surface area contributed by atoms with Crippen LogP contribution < -0.4 is 10.1 Å². The van der Waals surface area contributed by atoms with E-state index in [1.165, 1.54) is 12.5 Å². The second-order valence-electron chi connectivity index (χ2n) is 13.8. The summed E-state index contributed by atoms with van der Waals surface area (Å²) in [4.78, 5) is 23.4. The number of hydrogen-bond donors (Lipinski definition) is 8. The molecule has 0 spiro atoms. The number of fused-ring (bicyclic) bond motifs is 5. The largest absolute Gasteiger partial charge is 0.479 e. The van der Waals surface area contributed by atoms with Crippen molar-refractivity contribution in [3.05, 3.63) is 29.3 Å². The summed E-state index contributed by atoms with van der Waals surface area (Å²) in [6.07, 6.45) is -8.28. The Morgan fingerprint density at radius 3 is 2.41 bits per heavy atom. The molecule has 6 rings (SSSR count). The number of hydrogen-bond acceptors (Lipinski definition) is 12. The maximum Gasteiger partial charge on any atom is 0.335 e. The molecule has 15 atom stereocenters. The number of aliphatic carboxylic acids is 1. The van der Waals surface area contributed by atoms with Crippen molar-refractivity contribution in [2.24, 2.45) is 17.3 Å². The van der Waals surface area contributed by atoms with Gasteiger partial charge in [-0.1, -0.05) is 13.0 Å². The Hall–Kier alpha value is -2.40. The third-order valence-corrected chi connectivity index (χ3v) is 11.2. The highest BCUT2D eigenvalue weighted by Gasteiger charge is 2.57. The number of aryl methyl sites for hydroxylation is 1. The summed E-state index contributed by atoms with van der Waals surface area (Å²) < 4.78 is 23.5. The highest BCUT2D eigenvalue weighted by molar-refractivity contribution is 5.73. The summed E-state index contributed by atoms with van der Waals surface area (Å²) in [7, 11) is 0. The summed E-state index contributed by atoms with van der Waals surface area (Å²) in [6, 6.07) is 4.62. The van der Waals surface area contributed by atoms with Crippen molar-refractivity contribution in [3.8, 4) is 5.75 Å². The van der Waals surface area contributed by atoms with Crippen molar-refractivity contribution >= 4 is 11.9 Å². The Morgan fingerprint density at radius 1 is 0.957 bits per heavy atom. The lowest BCUT2D eigenvalue weighted by molar-refractivity contribution is -0.291. The normalized spacial score (nSPS) is 45.2. The van der Waals surface area contributed by atoms with Gasteiger partial charge in [0.2, 0.25) is 12.2 Å². The van der Waals surface area contributed by atoms with Crippen LogP contribution in [0.4, 0.5) is 0 Å². The van der Waals surface area contributed by atoms with Gasteiger partial charge in [-0.2, -0.15) is 0 Å². The van der Waals surface area contributed by atoms with Crippen molar-refractivity contribution in [3.63, 3.8) is 0 Å². The summed E-state index contributed by atoms with van der Waals surface area (Å²) in [5, 5.41) is 73.4. The lowest BCUT2D eigenvalue weighted by atomic mass is 9.55. The van der Waals surface area contributed by atoms with Crippen molar-refractivity contribution in [2.45, 2.75) is 126 Å². The standard InChI is InChI=1S/C32H45NO13/c1-13(35)33-22-24(37)23(36)20(12-34)44-30(22)45-21-8-7-19-18-5-3-14-11-15(4-6-16(14)17(18)9-10-32(19,21)2)43-31-27(40)25(38)26(39)28(46-31)29(41)42/h4,6,11,17-28,30-31,34,36-40H,3,5,7-10,12H2,1-2H3,(H,33,35)(H,41,42)/t17-,18-,19+,20-,21-,22-,23-,24-,25+,26+,27-,28+,30-,31-,32+/m1/s1. The number of rotatable bonds is 7. The topological polar surface area (TPSA) is 225 Å². The highest BCUT2D eigenvalue weighted by Crippen LogP contribution is 2.62. The number of benzene rings is 1. The quantitative estimate of drug-likeness (QED) is 0.180. The minimum atomic E-state index is -1.80. The van der Waals surface area contributed by atoms with E-state index in [0.29, 0.717) is 23.5 Å². The van der Waals surface area contributed by atoms with Crippen LogP contribution in [0, 0.1) is 17.3 Å². The third kappa shape index (κ3) is 5.81. The molecule has 2 aliphatic heterocycles. The number of nitrogens with one attached hydrogen (secondary N) is 1. The molecule has 14 nitrogen and oxygen atoms in total. The summed E-state index contributed by atoms with van der Waals surface area (Å²) >= 11 is 0. The summed E-state index contributed by atoms with van der Waals surface area (Å²) in [5.41, 5.74) is 2.11. The first-order chi connectivity index (χ1) is 21.8. The van der Waals surface area contributed by atoms with Crippen LogP contribution in [0.2, 0.25) is 0 Å². The monoisotopic (exact) mass is 651 g/mol. The Kier molecular flexibility index (Phi) is 9.39. The number of aliphatic hydroxyl groups excluding tert-OH is 6. The fourth-order valence-corrected chi connectivity index (χ4v) is 8.84. The predicted molar refractivity (Wildman–Crippen MR) is 156 cm³/mol. The van der Waals surface area contributed by atoms with Crippen LogP contribution in [0.25, 0.3) is 0 Å². The third-order valence-electron chi connectivity index (χ3n) is 11.2. The number of ether oxygens (including phenoxy) is 4. The fourth-order valence-electron chi connectivity index (χ4n) is 8.84. The molecule has 1 aromatic carbocycles. The maximum absolute atomic E-state index is 11.9. The molecule has 2 saturated carbocycles. The molecule has 2 saturated heterocycles. The van der Waals surface area contributed by atoms with E-state index in [9.17, 15) is 45.3 Å². The number of carboxylic acid groups (broad SMARTS) is 1. The Morgan fingerprint density at radius 2 is 1.72 bits per heavy atom. The van der Waals surface area contributed by atoms with Gasteiger partial charge in [-0.15, -0.1) is 0 Å². The number of carbonyl (C=O) groups is 2. The number of aliphatic hydroxyl groups is 6. The Balaban J connectivity index is 1.15. The van der Waals surface area contributed by atoms with Gasteiger partial charge in [-0.25, -0.2) is 4.79 Å². The first-order valence-corrected chi connectivity index (χ1v) is 16.1. The van der Waals surface area contributed by atoms with E-state index >= 15 is 0 Å². The molecule has 2 heterocycles. The molecule has 5 aliphatic rings. The van der Waals surface area contributed by atoms with Crippen molar-refractivity contribution in [1.29, 1.82) is 0 Å². The van der Waals surface area contributed by atoms with E-state index in [-0.39, 0.29) is 11.5 Å². The van der Waals surface area contributed by atoms with Crippen LogP contribution in [-0.2, 0) is 30.2 Å². The number of carboxylic acids is 1. The Labute approximate surface area is 266 Å². The van der Waals surface area contributed by atoms with Crippen LogP contribution >= 0.6 is 0 Å². The zero-order valence-electron chi connectivity index (χ0n) is 25.8. The van der Waals surface area contributed by atoms with Crippen molar-refractivity contribution < 1.29 is 64.3 Å². The SMILES string of the molecule is CC(=O)N[C@H]1[C@@H](O[C@@H]2CC[C@H]3[C@@H]4CCc5cc(O[C@@H]6O[C@H](C(=O)O)[C@@H](O)[C@H](O)[C@H]6O)ccc5[C@H]4CC[C@]23C)O[C@H](CO)[C@@H](O)[C@@H]1O. The molecular formula is C32H45NO13.